The van der Waals surface area contributed by atoms with E-state index in [1.165, 1.54) is 12.0 Å². The van der Waals surface area contributed by atoms with Gasteiger partial charge in [-0.3, -0.25) is 0 Å². The molecule has 92 valence electrons. The van der Waals surface area contributed by atoms with Crippen LogP contribution in [0.3, 0.4) is 0 Å². The predicted octanol–water partition coefficient (Wildman–Crippen LogP) is 3.40. The van der Waals surface area contributed by atoms with Gasteiger partial charge in [0.2, 0.25) is 0 Å². The molecule has 3 nitrogen and oxygen atoms in total. The largest absolute Gasteiger partial charge is 0.322 e. The van der Waals surface area contributed by atoms with Crippen molar-refractivity contribution < 1.29 is 4.79 Å². The highest BCUT2D eigenvalue weighted by molar-refractivity contribution is 5.89. The van der Waals surface area contributed by atoms with E-state index in [1.807, 2.05) is 36.1 Å². The number of carbonyl (C=O) groups excluding carboxylic acids is 1. The molecular formula is C14H20N2O. The summed E-state index contributed by atoms with van der Waals surface area (Å²) in [6, 6.07) is 8.30. The van der Waals surface area contributed by atoms with E-state index in [1.54, 1.807) is 0 Å². The molecule has 1 fully saturated rings. The summed E-state index contributed by atoms with van der Waals surface area (Å²) in [6.45, 7) is 5.03. The second-order valence-corrected chi connectivity index (χ2v) is 4.83. The topological polar surface area (TPSA) is 32.3 Å². The van der Waals surface area contributed by atoms with Crippen LogP contribution in [0, 0.1) is 6.92 Å². The molecule has 1 unspecified atom stereocenters. The molecule has 0 radical (unpaired) electrons. The van der Waals surface area contributed by atoms with Crippen molar-refractivity contribution in [1.29, 1.82) is 0 Å². The van der Waals surface area contributed by atoms with Crippen LogP contribution in [0.5, 0.6) is 0 Å². The van der Waals surface area contributed by atoms with Crippen molar-refractivity contribution in [3.63, 3.8) is 0 Å². The molecule has 1 heterocycles. The first kappa shape index (κ1) is 12.0. The minimum atomic E-state index is 0.0288. The summed E-state index contributed by atoms with van der Waals surface area (Å²) in [5.41, 5.74) is 2.08. The lowest BCUT2D eigenvalue weighted by Crippen LogP contribution is -2.44. The zero-order valence-corrected chi connectivity index (χ0v) is 10.6. The maximum Gasteiger partial charge on any atom is 0.322 e. The molecule has 0 aromatic heterocycles. The Balaban J connectivity index is 1.98. The van der Waals surface area contributed by atoms with E-state index in [9.17, 15) is 4.79 Å². The van der Waals surface area contributed by atoms with Gasteiger partial charge >= 0.3 is 6.03 Å². The Kier molecular flexibility index (Phi) is 3.67. The number of piperidine rings is 1. The van der Waals surface area contributed by atoms with Crippen LogP contribution in [0.4, 0.5) is 10.5 Å². The van der Waals surface area contributed by atoms with E-state index >= 15 is 0 Å². The number of amides is 2. The lowest BCUT2D eigenvalue weighted by molar-refractivity contribution is 0.170. The summed E-state index contributed by atoms with van der Waals surface area (Å²) in [6.07, 6.45) is 3.46. The van der Waals surface area contributed by atoms with Crippen LogP contribution >= 0.6 is 0 Å². The van der Waals surface area contributed by atoms with Gasteiger partial charge < -0.3 is 10.2 Å². The van der Waals surface area contributed by atoms with Crippen molar-refractivity contribution in [2.75, 3.05) is 11.9 Å². The van der Waals surface area contributed by atoms with Gasteiger partial charge in [0.05, 0.1) is 0 Å². The van der Waals surface area contributed by atoms with Gasteiger partial charge in [0.25, 0.3) is 0 Å². The van der Waals surface area contributed by atoms with Gasteiger partial charge in [0.1, 0.15) is 0 Å². The Morgan fingerprint density at radius 3 is 2.65 bits per heavy atom. The number of hydrogen-bond acceptors (Lipinski definition) is 1. The van der Waals surface area contributed by atoms with Crippen molar-refractivity contribution >= 4 is 11.7 Å². The first-order valence-electron chi connectivity index (χ1n) is 6.31. The number of nitrogens with zero attached hydrogens (tertiary/aromatic N) is 1. The Morgan fingerprint density at radius 1 is 1.29 bits per heavy atom. The normalized spacial score (nSPS) is 20.1. The monoisotopic (exact) mass is 232 g/mol. The number of urea groups is 1. The Labute approximate surface area is 103 Å². The number of carbonyl (C=O) groups is 1. The molecule has 1 aromatic carbocycles. The molecule has 1 aromatic rings. The van der Waals surface area contributed by atoms with Crippen LogP contribution in [-0.2, 0) is 0 Å². The highest BCUT2D eigenvalue weighted by atomic mass is 16.2. The molecule has 1 atom stereocenters. The fourth-order valence-electron chi connectivity index (χ4n) is 2.23. The summed E-state index contributed by atoms with van der Waals surface area (Å²) in [7, 11) is 0. The fraction of sp³-hybridized carbons (Fsp3) is 0.500. The van der Waals surface area contributed by atoms with E-state index in [-0.39, 0.29) is 6.03 Å². The molecule has 2 amide bonds. The molecule has 2 rings (SSSR count). The maximum atomic E-state index is 12.1. The van der Waals surface area contributed by atoms with Gasteiger partial charge in [-0.2, -0.15) is 0 Å². The molecular weight excluding hydrogens is 212 g/mol. The lowest BCUT2D eigenvalue weighted by atomic mass is 10.0. The average Bonchev–Trinajstić information content (AvgIpc) is 2.32. The van der Waals surface area contributed by atoms with E-state index in [4.69, 9.17) is 0 Å². The SMILES string of the molecule is Cc1ccc(NC(=O)N2CCCCC2C)cc1. The highest BCUT2D eigenvalue weighted by Gasteiger charge is 2.22. The number of likely N-dealkylation sites (tertiary alicyclic amines) is 1. The van der Waals surface area contributed by atoms with Crippen molar-refractivity contribution in [1.82, 2.24) is 4.90 Å². The maximum absolute atomic E-state index is 12.1. The lowest BCUT2D eigenvalue weighted by Gasteiger charge is -2.33. The minimum Gasteiger partial charge on any atom is -0.322 e. The second-order valence-electron chi connectivity index (χ2n) is 4.83. The molecule has 0 saturated carbocycles. The standard InChI is InChI=1S/C14H20N2O/c1-11-6-8-13(9-7-11)15-14(17)16-10-4-3-5-12(16)2/h6-9,12H,3-5,10H2,1-2H3,(H,15,17). The van der Waals surface area contributed by atoms with Crippen molar-refractivity contribution in [2.24, 2.45) is 0 Å². The first-order chi connectivity index (χ1) is 8.16. The quantitative estimate of drug-likeness (QED) is 0.790. The van der Waals surface area contributed by atoms with Gasteiger partial charge in [0.15, 0.2) is 0 Å². The molecule has 0 aliphatic carbocycles. The van der Waals surface area contributed by atoms with E-state index in [0.717, 1.165) is 25.1 Å². The smallest absolute Gasteiger partial charge is 0.322 e. The minimum absolute atomic E-state index is 0.0288. The second kappa shape index (κ2) is 5.21. The third-order valence-corrected chi connectivity index (χ3v) is 3.37. The molecule has 1 aliphatic heterocycles. The first-order valence-corrected chi connectivity index (χ1v) is 6.31. The van der Waals surface area contributed by atoms with Crippen LogP contribution in [-0.4, -0.2) is 23.5 Å². The molecule has 1 aliphatic rings. The summed E-state index contributed by atoms with van der Waals surface area (Å²) < 4.78 is 0. The third kappa shape index (κ3) is 2.99. The van der Waals surface area contributed by atoms with Gasteiger partial charge in [-0.1, -0.05) is 17.7 Å². The molecule has 17 heavy (non-hydrogen) atoms. The zero-order valence-electron chi connectivity index (χ0n) is 10.6. The van der Waals surface area contributed by atoms with Crippen molar-refractivity contribution in [3.05, 3.63) is 29.8 Å². The number of anilines is 1. The number of aryl methyl sites for hydroxylation is 1. The van der Waals surface area contributed by atoms with Crippen LogP contribution in [0.1, 0.15) is 31.7 Å². The van der Waals surface area contributed by atoms with Gasteiger partial charge in [0, 0.05) is 18.3 Å². The average molecular weight is 232 g/mol. The van der Waals surface area contributed by atoms with Crippen LogP contribution in [0.15, 0.2) is 24.3 Å². The van der Waals surface area contributed by atoms with E-state index in [2.05, 4.69) is 12.2 Å². The highest BCUT2D eigenvalue weighted by Crippen LogP contribution is 2.18. The predicted molar refractivity (Wildman–Crippen MR) is 70.2 cm³/mol. The van der Waals surface area contributed by atoms with Crippen molar-refractivity contribution in [2.45, 2.75) is 39.2 Å². The van der Waals surface area contributed by atoms with Gasteiger partial charge in [-0.15, -0.1) is 0 Å². The van der Waals surface area contributed by atoms with Crippen LogP contribution < -0.4 is 5.32 Å². The molecule has 0 spiro atoms. The fourth-order valence-corrected chi connectivity index (χ4v) is 2.23. The Morgan fingerprint density at radius 2 is 2.00 bits per heavy atom. The van der Waals surface area contributed by atoms with E-state index in [0.29, 0.717) is 6.04 Å². The molecule has 1 N–H and O–H groups in total. The van der Waals surface area contributed by atoms with Gasteiger partial charge in [-0.05, 0) is 45.2 Å². The Bertz CT molecular complexity index is 386. The number of benzene rings is 1. The number of hydrogen-bond donors (Lipinski definition) is 1. The summed E-state index contributed by atoms with van der Waals surface area (Å²) >= 11 is 0. The summed E-state index contributed by atoms with van der Waals surface area (Å²) in [5, 5.41) is 2.96. The molecule has 0 bridgehead atoms. The van der Waals surface area contributed by atoms with E-state index < -0.39 is 0 Å². The summed E-state index contributed by atoms with van der Waals surface area (Å²) in [4.78, 5) is 14.0. The molecule has 3 heteroatoms. The summed E-state index contributed by atoms with van der Waals surface area (Å²) in [5.74, 6) is 0. The van der Waals surface area contributed by atoms with Gasteiger partial charge in [-0.25, -0.2) is 4.79 Å². The van der Waals surface area contributed by atoms with Crippen LogP contribution in [0.2, 0.25) is 0 Å². The third-order valence-electron chi connectivity index (χ3n) is 3.37. The Hall–Kier alpha value is -1.51. The number of nitrogens with one attached hydrogen (secondary N) is 1. The number of rotatable bonds is 1. The van der Waals surface area contributed by atoms with Crippen molar-refractivity contribution in [3.8, 4) is 0 Å². The van der Waals surface area contributed by atoms with Crippen LogP contribution in [0.25, 0.3) is 0 Å². The molecule has 1 saturated heterocycles. The zero-order chi connectivity index (χ0) is 12.3.